The molecular formula is C98H96ClF4N9O15. The number of aromatic amines is 4. The predicted molar refractivity (Wildman–Crippen MR) is 470 cm³/mol. The average molecular weight is 1750 g/mol. The summed E-state index contributed by atoms with van der Waals surface area (Å²) in [5, 5.41) is 12.0. The van der Waals surface area contributed by atoms with Crippen LogP contribution in [0.25, 0.3) is 43.6 Å². The SMILES string of the molecule is Fc1ccc2cc[nH]c2c1.O=C(Cl)[C@@H]1CCCN1C(=O)OCc1ccccc1.O=C(O)[C@@H]1CCCN1C(=O)OCc1ccccc1.O=C(OCc1ccccc1)N1CCC[C@H]1Cc1c[nH]c2cc(F)ccc12.O=C(c1c[nH]c2cc(F)ccc12)[C@@H]1CCCN1C(=O)OCc1ccccc1.O=Cc1[nH]c2cc(F)ccc2c1C[C@@H]1CCCN1C(=O)OCc1ccccc1. The number of nitrogens with one attached hydrogen (secondary N) is 4. The molecule has 13 aromatic rings. The molecule has 9 heterocycles. The minimum absolute atomic E-state index is 0.0500. The van der Waals surface area contributed by atoms with Crippen LogP contribution in [-0.2, 0) is 79.1 Å². The van der Waals surface area contributed by atoms with Crippen LogP contribution in [-0.4, -0.2) is 166 Å². The zero-order valence-electron chi connectivity index (χ0n) is 69.5. The molecule has 0 spiro atoms. The third-order valence-corrected chi connectivity index (χ3v) is 22.9. The minimum Gasteiger partial charge on any atom is -0.480 e. The van der Waals surface area contributed by atoms with Gasteiger partial charge in [-0.3, -0.25) is 29.1 Å². The Kier molecular flexibility index (Phi) is 31.8. The first kappa shape index (κ1) is 90.7. The van der Waals surface area contributed by atoms with Crippen molar-refractivity contribution in [3.8, 4) is 0 Å². The lowest BCUT2D eigenvalue weighted by molar-refractivity contribution is -0.141. The fourth-order valence-corrected chi connectivity index (χ4v) is 16.4. The molecule has 0 unspecified atom stereocenters. The molecule has 0 aliphatic carbocycles. The van der Waals surface area contributed by atoms with E-state index in [0.717, 1.165) is 124 Å². The number of aromatic nitrogens is 4. The maximum atomic E-state index is 13.5. The molecule has 0 bridgehead atoms. The van der Waals surface area contributed by atoms with Gasteiger partial charge in [-0.05, 0) is 212 Å². The maximum Gasteiger partial charge on any atom is 0.410 e. The first-order valence-electron chi connectivity index (χ1n) is 42.0. The van der Waals surface area contributed by atoms with Gasteiger partial charge in [0.25, 0.3) is 0 Å². The highest BCUT2D eigenvalue weighted by Crippen LogP contribution is 2.33. The summed E-state index contributed by atoms with van der Waals surface area (Å²) in [7, 11) is 0. The molecule has 5 N–H and O–H groups in total. The molecule has 5 aliphatic rings. The Morgan fingerprint density at radius 3 is 1.20 bits per heavy atom. The van der Waals surface area contributed by atoms with Crippen LogP contribution in [0.3, 0.4) is 0 Å². The number of hydrogen-bond acceptors (Lipinski definition) is 14. The third-order valence-electron chi connectivity index (χ3n) is 22.6. The van der Waals surface area contributed by atoms with Gasteiger partial charge in [-0.25, -0.2) is 46.3 Å². The van der Waals surface area contributed by atoms with Crippen LogP contribution in [0.1, 0.15) is 124 Å². The number of fused-ring (bicyclic) bond motifs is 4. The van der Waals surface area contributed by atoms with Crippen LogP contribution < -0.4 is 0 Å². The number of aliphatic carboxylic acids is 1. The van der Waals surface area contributed by atoms with E-state index in [1.54, 1.807) is 41.6 Å². The Morgan fingerprint density at radius 1 is 0.386 bits per heavy atom. The average Bonchev–Trinajstić information content (AvgIpc) is 1.65. The normalized spacial score (nSPS) is 16.8. The van der Waals surface area contributed by atoms with E-state index < -0.39 is 47.6 Å². The van der Waals surface area contributed by atoms with Gasteiger partial charge in [0.05, 0.1) is 11.7 Å². The van der Waals surface area contributed by atoms with Gasteiger partial charge in [-0.2, -0.15) is 0 Å². The van der Waals surface area contributed by atoms with Gasteiger partial charge in [-0.1, -0.05) is 152 Å². The lowest BCUT2D eigenvalue weighted by atomic mass is 10.0. The topological polar surface area (TPSA) is 299 Å². The summed E-state index contributed by atoms with van der Waals surface area (Å²) in [5.74, 6) is -2.29. The predicted octanol–water partition coefficient (Wildman–Crippen LogP) is 20.1. The summed E-state index contributed by atoms with van der Waals surface area (Å²) in [6.07, 6.45) is 12.8. The number of likely N-dealkylation sites (tertiary alicyclic amines) is 5. The van der Waals surface area contributed by atoms with Gasteiger partial charge >= 0.3 is 36.4 Å². The van der Waals surface area contributed by atoms with Crippen molar-refractivity contribution in [3.63, 3.8) is 0 Å². The monoisotopic (exact) mass is 1750 g/mol. The van der Waals surface area contributed by atoms with Crippen molar-refractivity contribution in [2.24, 2.45) is 0 Å². The molecule has 24 nitrogen and oxygen atoms in total. The van der Waals surface area contributed by atoms with Crippen molar-refractivity contribution in [3.05, 3.63) is 323 Å². The number of carbonyl (C=O) groups is 9. The number of ketones is 1. The fraction of sp³-hybridized carbons (Fsp3) is 0.276. The summed E-state index contributed by atoms with van der Waals surface area (Å²) in [6, 6.07) is 65.7. The van der Waals surface area contributed by atoms with E-state index in [1.165, 1.54) is 63.2 Å². The Bertz CT molecular complexity index is 5820. The molecule has 5 aliphatic heterocycles. The number of carbonyl (C=O) groups excluding carboxylic acids is 8. The number of hydrogen-bond donors (Lipinski definition) is 5. The van der Waals surface area contributed by atoms with Gasteiger partial charge < -0.3 is 58.5 Å². The zero-order chi connectivity index (χ0) is 89.1. The first-order valence-corrected chi connectivity index (χ1v) is 42.4. The molecule has 9 aromatic carbocycles. The van der Waals surface area contributed by atoms with Gasteiger partial charge in [0.15, 0.2) is 12.1 Å². The largest absolute Gasteiger partial charge is 0.480 e. The first-order chi connectivity index (χ1) is 61.7. The van der Waals surface area contributed by atoms with Crippen molar-refractivity contribution in [1.29, 1.82) is 0 Å². The van der Waals surface area contributed by atoms with Crippen molar-refractivity contribution in [2.45, 2.75) is 140 Å². The lowest BCUT2D eigenvalue weighted by Crippen LogP contribution is -2.40. The molecule has 5 fully saturated rings. The highest BCUT2D eigenvalue weighted by Gasteiger charge is 2.39. The summed E-state index contributed by atoms with van der Waals surface area (Å²) < 4.78 is 79.4. The van der Waals surface area contributed by atoms with Crippen molar-refractivity contribution >= 4 is 109 Å². The quantitative estimate of drug-likeness (QED) is 0.0165. The third kappa shape index (κ3) is 24.5. The van der Waals surface area contributed by atoms with Crippen molar-refractivity contribution in [1.82, 2.24) is 44.4 Å². The number of H-pyrrole nitrogens is 4. The maximum absolute atomic E-state index is 13.5. The number of carboxylic acid groups (broad SMARTS) is 1. The van der Waals surface area contributed by atoms with Gasteiger partial charge in [0.2, 0.25) is 5.24 Å². The number of nitrogens with zero attached hydrogens (tertiary/aromatic N) is 5. The summed E-state index contributed by atoms with van der Waals surface area (Å²) in [4.78, 5) is 128. The van der Waals surface area contributed by atoms with Crippen LogP contribution >= 0.6 is 11.6 Å². The van der Waals surface area contributed by atoms with Crippen LogP contribution in [0.2, 0.25) is 0 Å². The molecule has 0 saturated carbocycles. The van der Waals surface area contributed by atoms with Gasteiger partial charge in [0.1, 0.15) is 68.4 Å². The Hall–Kier alpha value is -14.0. The Labute approximate surface area is 734 Å². The van der Waals surface area contributed by atoms with Crippen LogP contribution in [0.4, 0.5) is 41.5 Å². The Balaban J connectivity index is 0.000000133. The molecule has 29 heteroatoms. The highest BCUT2D eigenvalue weighted by atomic mass is 35.5. The number of halogens is 5. The highest BCUT2D eigenvalue weighted by molar-refractivity contribution is 6.64. The second-order valence-electron chi connectivity index (χ2n) is 31.1. The smallest absolute Gasteiger partial charge is 0.410 e. The van der Waals surface area contributed by atoms with Gasteiger partial charge in [0, 0.05) is 107 Å². The van der Waals surface area contributed by atoms with E-state index in [9.17, 15) is 60.7 Å². The number of carboxylic acids is 1. The summed E-state index contributed by atoms with van der Waals surface area (Å²) in [6.45, 7) is 3.87. The minimum atomic E-state index is -0.968. The van der Waals surface area contributed by atoms with Crippen molar-refractivity contribution in [2.75, 3.05) is 32.7 Å². The standard InChI is InChI=1S/C22H21FN2O3.C21H19FN2O3.C21H21FN2O2.C13H14ClNO3.C13H15NO4.C8H6FN/c23-16-8-9-18-19(21(13-26)24-20(18)11-16)12-17-7-4-10-25(17)22(27)28-14-15-5-2-1-3-6-15;22-15-8-9-16-17(12-23-18(16)11-15)20(25)19-7-4-10-24(19)21(26)27-13-14-5-2-1-3-6-14;22-17-8-9-19-16(13-23-20(19)12-17)11-18-7-4-10-24(18)21(25)26-14-15-5-2-1-3-6-15;14-12(16)11-7-4-8-15(11)13(17)18-9-10-5-2-1-3-6-10;15-12(16)11-7-4-8-14(11)13(17)18-9-10-5-2-1-3-6-10;9-7-2-1-6-3-4-10-8(6)5-7/h1-3,5-6,8-9,11,13,17,24H,4,7,10,12,14H2;1-3,5-6,8-9,11-12,19,23H,4,7,10,13H2;1-3,5-6,8-9,12-13,18,23H,4,7,10-11,14H2;1-3,5-6,11H,4,7-9H2;1-3,5-6,11H,4,7-9H2,(H,15,16);1-5,10H/t17-;19-;18-;2*11-;/m00000./s1. The van der Waals surface area contributed by atoms with E-state index in [4.69, 9.17) is 40.4 Å². The van der Waals surface area contributed by atoms with E-state index in [2.05, 4.69) is 19.9 Å². The molecule has 127 heavy (non-hydrogen) atoms. The van der Waals surface area contributed by atoms with Crippen LogP contribution in [0.5, 0.6) is 0 Å². The van der Waals surface area contributed by atoms with Crippen LogP contribution in [0.15, 0.2) is 249 Å². The van der Waals surface area contributed by atoms with E-state index in [1.807, 2.05) is 169 Å². The molecule has 5 amide bonds. The zero-order valence-corrected chi connectivity index (χ0v) is 70.2. The number of Topliss-reactive ketones (excluding diaryl/α,β-unsaturated/α-hetero) is 1. The number of rotatable bonds is 19. The molecule has 5 atom stereocenters. The molecule has 5 saturated heterocycles. The van der Waals surface area contributed by atoms with E-state index in [-0.39, 0.29) is 86.4 Å². The van der Waals surface area contributed by atoms with E-state index in [0.29, 0.717) is 86.0 Å². The number of aldehydes is 1. The lowest BCUT2D eigenvalue weighted by Gasteiger charge is -2.24. The van der Waals surface area contributed by atoms with E-state index >= 15 is 0 Å². The van der Waals surface area contributed by atoms with Crippen LogP contribution in [0, 0.1) is 23.3 Å². The number of amides is 5. The molecule has 658 valence electrons. The molecule has 0 radical (unpaired) electrons. The summed E-state index contributed by atoms with van der Waals surface area (Å²) in [5.41, 5.74) is 10.2. The molecule has 18 rings (SSSR count). The molecule has 4 aromatic heterocycles. The fourth-order valence-electron chi connectivity index (χ4n) is 16.2. The second-order valence-corrected chi connectivity index (χ2v) is 31.5. The Morgan fingerprint density at radius 2 is 0.748 bits per heavy atom. The number of ether oxygens (including phenoxy) is 5. The van der Waals surface area contributed by atoms with Gasteiger partial charge in [-0.15, -0.1) is 0 Å². The molecular weight excluding hydrogens is 1650 g/mol. The van der Waals surface area contributed by atoms with Crippen molar-refractivity contribution < 1.29 is 89.5 Å². The summed E-state index contributed by atoms with van der Waals surface area (Å²) >= 11 is 5.45. The second kappa shape index (κ2) is 44.5. The number of benzene rings is 9.